The minimum atomic E-state index is -3.36. The summed E-state index contributed by atoms with van der Waals surface area (Å²) < 4.78 is 32.1. The van der Waals surface area contributed by atoms with Gasteiger partial charge in [0.1, 0.15) is 4.21 Å². The van der Waals surface area contributed by atoms with E-state index in [1.165, 1.54) is 21.2 Å². The first-order chi connectivity index (χ1) is 9.57. The average molecular weight is 316 g/mol. The van der Waals surface area contributed by atoms with Crippen molar-refractivity contribution in [3.05, 3.63) is 28.7 Å². The summed E-state index contributed by atoms with van der Waals surface area (Å²) in [7, 11) is 0.138. The lowest BCUT2D eigenvalue weighted by Gasteiger charge is -2.24. The van der Waals surface area contributed by atoms with Crippen LogP contribution in [-0.2, 0) is 21.3 Å². The molecule has 1 aliphatic heterocycles. The first-order valence-electron chi connectivity index (χ1n) is 6.47. The summed E-state index contributed by atoms with van der Waals surface area (Å²) in [6, 6.07) is 1.75. The number of sulfonamides is 1. The van der Waals surface area contributed by atoms with E-state index in [0.717, 1.165) is 12.0 Å². The molecular formula is C13H20N2O3S2. The summed E-state index contributed by atoms with van der Waals surface area (Å²) >= 11 is 1.29. The molecule has 0 fully saturated rings. The topological polar surface area (TPSA) is 58.6 Å². The second kappa shape index (κ2) is 6.82. The van der Waals surface area contributed by atoms with Gasteiger partial charge in [-0.1, -0.05) is 6.08 Å². The maximum atomic E-state index is 12.5. The maximum absolute atomic E-state index is 12.5. The molecule has 1 aromatic rings. The summed E-state index contributed by atoms with van der Waals surface area (Å²) in [5.74, 6) is 0. The number of hydrogen-bond acceptors (Lipinski definition) is 5. The fraction of sp³-hybridized carbons (Fsp3) is 0.538. The van der Waals surface area contributed by atoms with Crippen LogP contribution in [0.5, 0.6) is 0 Å². The van der Waals surface area contributed by atoms with E-state index in [9.17, 15) is 8.42 Å². The van der Waals surface area contributed by atoms with Crippen LogP contribution in [0.4, 0.5) is 0 Å². The molecule has 1 N–H and O–H groups in total. The predicted octanol–water partition coefficient (Wildman–Crippen LogP) is 1.43. The number of hydrogen-bond donors (Lipinski definition) is 1. The number of nitrogens with one attached hydrogen (secondary N) is 1. The highest BCUT2D eigenvalue weighted by Crippen LogP contribution is 2.26. The zero-order chi connectivity index (χ0) is 14.6. The Kier molecular flexibility index (Phi) is 5.34. The number of ether oxygens (including phenoxy) is 1. The zero-order valence-electron chi connectivity index (χ0n) is 11.8. The molecule has 0 spiro atoms. The molecule has 7 heteroatoms. The van der Waals surface area contributed by atoms with Crippen molar-refractivity contribution in [2.24, 2.45) is 0 Å². The van der Waals surface area contributed by atoms with Crippen LogP contribution in [0, 0.1) is 0 Å². The molecular weight excluding hydrogens is 296 g/mol. The molecule has 20 heavy (non-hydrogen) atoms. The second-order valence-electron chi connectivity index (χ2n) is 4.71. The van der Waals surface area contributed by atoms with Crippen LogP contribution >= 0.6 is 11.3 Å². The fourth-order valence-electron chi connectivity index (χ4n) is 2.14. The Morgan fingerprint density at radius 2 is 2.30 bits per heavy atom. The standard InChI is InChI=1S/C13H20N2O3S2/c1-14-8-12-7-13(19-10-12)20(16,17)15-5-3-11(4-6-15)9-18-2/h3,7,10,14H,4-6,8-9H2,1-2H3. The van der Waals surface area contributed by atoms with Gasteiger partial charge in [0.2, 0.25) is 0 Å². The Balaban J connectivity index is 2.11. The number of rotatable bonds is 6. The molecule has 5 nitrogen and oxygen atoms in total. The summed E-state index contributed by atoms with van der Waals surface area (Å²) in [6.45, 7) is 2.22. The highest BCUT2D eigenvalue weighted by molar-refractivity contribution is 7.91. The molecule has 1 aromatic heterocycles. The summed E-state index contributed by atoms with van der Waals surface area (Å²) in [4.78, 5) is 0. The predicted molar refractivity (Wildman–Crippen MR) is 80.4 cm³/mol. The van der Waals surface area contributed by atoms with Crippen molar-refractivity contribution in [1.29, 1.82) is 0 Å². The second-order valence-corrected chi connectivity index (χ2v) is 7.79. The zero-order valence-corrected chi connectivity index (χ0v) is 13.4. The SMILES string of the molecule is CNCc1csc(S(=O)(=O)N2CC=C(COC)CC2)c1. The lowest BCUT2D eigenvalue weighted by atomic mass is 10.1. The van der Waals surface area contributed by atoms with E-state index in [1.54, 1.807) is 13.2 Å². The van der Waals surface area contributed by atoms with E-state index in [4.69, 9.17) is 4.74 Å². The minimum Gasteiger partial charge on any atom is -0.380 e. The first kappa shape index (κ1) is 15.7. The molecule has 0 bridgehead atoms. The van der Waals surface area contributed by atoms with Crippen molar-refractivity contribution in [3.63, 3.8) is 0 Å². The number of nitrogens with zero attached hydrogens (tertiary/aromatic N) is 1. The Morgan fingerprint density at radius 1 is 1.50 bits per heavy atom. The van der Waals surface area contributed by atoms with Gasteiger partial charge in [-0.2, -0.15) is 4.31 Å². The molecule has 0 unspecified atom stereocenters. The lowest BCUT2D eigenvalue weighted by Crippen LogP contribution is -2.34. The normalized spacial score (nSPS) is 17.2. The van der Waals surface area contributed by atoms with E-state index >= 15 is 0 Å². The van der Waals surface area contributed by atoms with Gasteiger partial charge in [0.25, 0.3) is 10.0 Å². The van der Waals surface area contributed by atoms with E-state index in [2.05, 4.69) is 5.32 Å². The third-order valence-electron chi connectivity index (χ3n) is 3.20. The van der Waals surface area contributed by atoms with Crippen LogP contribution in [0.2, 0.25) is 0 Å². The van der Waals surface area contributed by atoms with E-state index in [-0.39, 0.29) is 0 Å². The van der Waals surface area contributed by atoms with Gasteiger partial charge in [-0.15, -0.1) is 11.3 Å². The lowest BCUT2D eigenvalue weighted by molar-refractivity contribution is 0.219. The molecule has 0 aromatic carbocycles. The fourth-order valence-corrected chi connectivity index (χ4v) is 4.88. The maximum Gasteiger partial charge on any atom is 0.252 e. The Morgan fingerprint density at radius 3 is 2.90 bits per heavy atom. The molecule has 2 heterocycles. The quantitative estimate of drug-likeness (QED) is 0.807. The molecule has 0 aliphatic carbocycles. The molecule has 0 saturated heterocycles. The van der Waals surface area contributed by atoms with Gasteiger partial charge in [0, 0.05) is 26.7 Å². The molecule has 2 rings (SSSR count). The number of thiophene rings is 1. The van der Waals surface area contributed by atoms with Crippen LogP contribution in [0.25, 0.3) is 0 Å². The molecule has 112 valence electrons. The first-order valence-corrected chi connectivity index (χ1v) is 8.79. The third kappa shape index (κ3) is 3.48. The smallest absolute Gasteiger partial charge is 0.252 e. The molecule has 0 amide bonds. The van der Waals surface area contributed by atoms with E-state index in [0.29, 0.717) is 30.5 Å². The van der Waals surface area contributed by atoms with E-state index < -0.39 is 10.0 Å². The van der Waals surface area contributed by atoms with Crippen molar-refractivity contribution in [2.45, 2.75) is 17.2 Å². The van der Waals surface area contributed by atoms with Crippen molar-refractivity contribution in [2.75, 3.05) is 33.9 Å². The van der Waals surface area contributed by atoms with Gasteiger partial charge in [-0.3, -0.25) is 0 Å². The van der Waals surface area contributed by atoms with Gasteiger partial charge in [0.05, 0.1) is 6.61 Å². The van der Waals surface area contributed by atoms with Crippen molar-refractivity contribution in [1.82, 2.24) is 9.62 Å². The van der Waals surface area contributed by atoms with Crippen LogP contribution in [0.3, 0.4) is 0 Å². The average Bonchev–Trinajstić information content (AvgIpc) is 2.90. The summed E-state index contributed by atoms with van der Waals surface area (Å²) in [5.41, 5.74) is 2.17. The van der Waals surface area contributed by atoms with Crippen molar-refractivity contribution >= 4 is 21.4 Å². The van der Waals surface area contributed by atoms with Gasteiger partial charge in [-0.05, 0) is 36.1 Å². The summed E-state index contributed by atoms with van der Waals surface area (Å²) in [5, 5.41) is 4.91. The van der Waals surface area contributed by atoms with Crippen LogP contribution in [0.15, 0.2) is 27.3 Å². The molecule has 0 radical (unpaired) electrons. The minimum absolute atomic E-state index is 0.423. The summed E-state index contributed by atoms with van der Waals surface area (Å²) in [6.07, 6.45) is 2.69. The third-order valence-corrected chi connectivity index (χ3v) is 6.53. The number of methoxy groups -OCH3 is 1. The van der Waals surface area contributed by atoms with Crippen LogP contribution in [0.1, 0.15) is 12.0 Å². The van der Waals surface area contributed by atoms with Gasteiger partial charge >= 0.3 is 0 Å². The Labute approximate surface area is 124 Å². The Hall–Kier alpha value is -0.730. The monoisotopic (exact) mass is 316 g/mol. The largest absolute Gasteiger partial charge is 0.380 e. The van der Waals surface area contributed by atoms with Crippen LogP contribution in [-0.4, -0.2) is 46.6 Å². The molecule has 1 aliphatic rings. The Bertz CT molecular complexity index is 578. The molecule has 0 saturated carbocycles. The molecule has 0 atom stereocenters. The van der Waals surface area contributed by atoms with Gasteiger partial charge in [-0.25, -0.2) is 8.42 Å². The van der Waals surface area contributed by atoms with Crippen LogP contribution < -0.4 is 5.32 Å². The van der Waals surface area contributed by atoms with Crippen molar-refractivity contribution < 1.29 is 13.2 Å². The highest BCUT2D eigenvalue weighted by atomic mass is 32.2. The van der Waals surface area contributed by atoms with E-state index in [1.807, 2.05) is 18.5 Å². The highest BCUT2D eigenvalue weighted by Gasteiger charge is 2.27. The van der Waals surface area contributed by atoms with Gasteiger partial charge < -0.3 is 10.1 Å². The van der Waals surface area contributed by atoms with Gasteiger partial charge in [0.15, 0.2) is 0 Å². The van der Waals surface area contributed by atoms with Crippen molar-refractivity contribution in [3.8, 4) is 0 Å².